The number of nitrogens with zero attached hydrogens (tertiary/aromatic N) is 1. The number of aromatic nitrogens is 2. The van der Waals surface area contributed by atoms with Gasteiger partial charge < -0.3 is 14.8 Å². The SMILES string of the molecule is COc1ccc(NC(=O)Nc2n[nH]c3ccc(OCc4ccc(F)cc4C(F)(F)F)cc23)cc1. The lowest BCUT2D eigenvalue weighted by atomic mass is 10.1. The van der Waals surface area contributed by atoms with Crippen molar-refractivity contribution in [3.63, 3.8) is 0 Å². The van der Waals surface area contributed by atoms with Crippen LogP contribution in [0.3, 0.4) is 0 Å². The number of ether oxygens (including phenoxy) is 2. The molecule has 3 N–H and O–H groups in total. The summed E-state index contributed by atoms with van der Waals surface area (Å²) in [5.41, 5.74) is -0.209. The highest BCUT2D eigenvalue weighted by molar-refractivity contribution is 6.04. The highest BCUT2D eigenvalue weighted by Gasteiger charge is 2.33. The quantitative estimate of drug-likeness (QED) is 0.301. The van der Waals surface area contributed by atoms with Crippen LogP contribution >= 0.6 is 0 Å². The number of rotatable bonds is 6. The molecule has 7 nitrogen and oxygen atoms in total. The number of hydrogen-bond acceptors (Lipinski definition) is 4. The van der Waals surface area contributed by atoms with E-state index in [4.69, 9.17) is 9.47 Å². The van der Waals surface area contributed by atoms with E-state index in [1.54, 1.807) is 36.4 Å². The monoisotopic (exact) mass is 474 g/mol. The van der Waals surface area contributed by atoms with Crippen LogP contribution in [0.15, 0.2) is 60.7 Å². The molecule has 0 fully saturated rings. The van der Waals surface area contributed by atoms with Crippen LogP contribution in [0.4, 0.5) is 33.9 Å². The number of methoxy groups -OCH3 is 1. The van der Waals surface area contributed by atoms with Gasteiger partial charge in [-0.15, -0.1) is 0 Å². The third-order valence-electron chi connectivity index (χ3n) is 4.89. The van der Waals surface area contributed by atoms with E-state index in [1.807, 2.05) is 0 Å². The van der Waals surface area contributed by atoms with Gasteiger partial charge in [-0.2, -0.15) is 18.3 Å². The predicted octanol–water partition coefficient (Wildman–Crippen LogP) is 5.95. The summed E-state index contributed by atoms with van der Waals surface area (Å²) in [4.78, 5) is 12.4. The Bertz CT molecular complexity index is 1320. The topological polar surface area (TPSA) is 88.3 Å². The van der Waals surface area contributed by atoms with E-state index >= 15 is 0 Å². The first-order chi connectivity index (χ1) is 16.2. The standard InChI is InChI=1S/C23H18F4N4O3/c1-33-16-6-4-15(5-7-16)28-22(32)29-21-18-11-17(8-9-20(18)30-31-21)34-12-13-2-3-14(24)10-19(13)23(25,26)27/h2-11H,12H2,1H3,(H3,28,29,30,31,32). The second kappa shape index (κ2) is 9.30. The molecule has 1 aromatic heterocycles. The van der Waals surface area contributed by atoms with E-state index < -0.39 is 30.2 Å². The number of aromatic amines is 1. The van der Waals surface area contributed by atoms with Crippen LogP contribution in [0.5, 0.6) is 11.5 Å². The van der Waals surface area contributed by atoms with Crippen LogP contribution in [0, 0.1) is 5.82 Å². The largest absolute Gasteiger partial charge is 0.497 e. The maximum Gasteiger partial charge on any atom is 0.416 e. The minimum atomic E-state index is -4.72. The number of H-pyrrole nitrogens is 1. The van der Waals surface area contributed by atoms with Gasteiger partial charge in [0.2, 0.25) is 0 Å². The number of halogens is 4. The lowest BCUT2D eigenvalue weighted by molar-refractivity contribution is -0.138. The molecule has 0 aliphatic rings. The zero-order valence-electron chi connectivity index (χ0n) is 17.7. The molecule has 0 unspecified atom stereocenters. The number of carbonyl (C=O) groups is 1. The predicted molar refractivity (Wildman–Crippen MR) is 117 cm³/mol. The Morgan fingerprint density at radius 2 is 1.74 bits per heavy atom. The highest BCUT2D eigenvalue weighted by Crippen LogP contribution is 2.33. The number of benzene rings is 3. The van der Waals surface area contributed by atoms with Gasteiger partial charge in [0.25, 0.3) is 0 Å². The number of nitrogens with one attached hydrogen (secondary N) is 3. The molecule has 2 amide bonds. The molecule has 3 aromatic carbocycles. The second-order valence-electron chi connectivity index (χ2n) is 7.18. The van der Waals surface area contributed by atoms with Gasteiger partial charge in [0.05, 0.1) is 18.2 Å². The summed E-state index contributed by atoms with van der Waals surface area (Å²) >= 11 is 0. The Morgan fingerprint density at radius 1 is 1.00 bits per heavy atom. The van der Waals surface area contributed by atoms with Gasteiger partial charge in [0.1, 0.15) is 23.9 Å². The number of urea groups is 1. The van der Waals surface area contributed by atoms with Gasteiger partial charge in [-0.25, -0.2) is 9.18 Å². The maximum atomic E-state index is 13.3. The Labute approximate surface area is 190 Å². The molecular formula is C23H18F4N4O3. The molecule has 0 atom stereocenters. The molecule has 0 bridgehead atoms. The number of anilines is 2. The molecule has 0 saturated heterocycles. The van der Waals surface area contributed by atoms with E-state index in [2.05, 4.69) is 20.8 Å². The molecule has 34 heavy (non-hydrogen) atoms. The number of fused-ring (bicyclic) bond motifs is 1. The number of alkyl halides is 3. The first kappa shape index (κ1) is 22.9. The Balaban J connectivity index is 1.48. The average molecular weight is 474 g/mol. The molecule has 4 rings (SSSR count). The third kappa shape index (κ3) is 5.20. The van der Waals surface area contributed by atoms with Gasteiger partial charge in [0, 0.05) is 16.6 Å². The second-order valence-corrected chi connectivity index (χ2v) is 7.18. The molecule has 0 aliphatic heterocycles. The minimum Gasteiger partial charge on any atom is -0.497 e. The molecular weight excluding hydrogens is 456 g/mol. The Hall–Kier alpha value is -4.28. The fourth-order valence-corrected chi connectivity index (χ4v) is 3.22. The van der Waals surface area contributed by atoms with Crippen LogP contribution in [-0.2, 0) is 12.8 Å². The van der Waals surface area contributed by atoms with Gasteiger partial charge in [-0.3, -0.25) is 10.4 Å². The molecule has 0 aliphatic carbocycles. The summed E-state index contributed by atoms with van der Waals surface area (Å²) in [6, 6.07) is 13.2. The van der Waals surface area contributed by atoms with E-state index in [1.165, 1.54) is 13.2 Å². The van der Waals surface area contributed by atoms with Gasteiger partial charge >= 0.3 is 12.2 Å². The van der Waals surface area contributed by atoms with Crippen molar-refractivity contribution in [1.82, 2.24) is 10.2 Å². The van der Waals surface area contributed by atoms with E-state index in [0.717, 1.165) is 12.1 Å². The summed E-state index contributed by atoms with van der Waals surface area (Å²) < 4.78 is 63.5. The number of hydrogen-bond donors (Lipinski definition) is 3. The Kier molecular flexibility index (Phi) is 6.26. The molecule has 0 saturated carbocycles. The summed E-state index contributed by atoms with van der Waals surface area (Å²) in [6.45, 7) is -0.431. The summed E-state index contributed by atoms with van der Waals surface area (Å²) in [6.07, 6.45) is -4.72. The molecule has 4 aromatic rings. The van der Waals surface area contributed by atoms with Crippen molar-refractivity contribution in [2.45, 2.75) is 12.8 Å². The Morgan fingerprint density at radius 3 is 2.44 bits per heavy atom. The van der Waals surface area contributed by atoms with E-state index in [0.29, 0.717) is 28.4 Å². The summed E-state index contributed by atoms with van der Waals surface area (Å²) in [7, 11) is 1.53. The van der Waals surface area contributed by atoms with E-state index in [9.17, 15) is 22.4 Å². The fourth-order valence-electron chi connectivity index (χ4n) is 3.22. The van der Waals surface area contributed by atoms with Crippen molar-refractivity contribution in [3.05, 3.63) is 77.6 Å². The van der Waals surface area contributed by atoms with Crippen molar-refractivity contribution < 1.29 is 31.8 Å². The lowest BCUT2D eigenvalue weighted by Gasteiger charge is -2.14. The average Bonchev–Trinajstić information content (AvgIpc) is 3.20. The van der Waals surface area contributed by atoms with Crippen molar-refractivity contribution in [1.29, 1.82) is 0 Å². The molecule has 11 heteroatoms. The first-order valence-electron chi connectivity index (χ1n) is 9.91. The van der Waals surface area contributed by atoms with Crippen molar-refractivity contribution in [2.24, 2.45) is 0 Å². The molecule has 0 radical (unpaired) electrons. The van der Waals surface area contributed by atoms with Gasteiger partial charge in [-0.05, 0) is 54.6 Å². The molecule has 1 heterocycles. The van der Waals surface area contributed by atoms with E-state index in [-0.39, 0.29) is 17.1 Å². The van der Waals surface area contributed by atoms with Crippen molar-refractivity contribution in [3.8, 4) is 11.5 Å². The fraction of sp³-hybridized carbons (Fsp3) is 0.130. The minimum absolute atomic E-state index is 0.198. The van der Waals surface area contributed by atoms with Crippen molar-refractivity contribution in [2.75, 3.05) is 17.7 Å². The smallest absolute Gasteiger partial charge is 0.416 e. The highest BCUT2D eigenvalue weighted by atomic mass is 19.4. The van der Waals surface area contributed by atoms with Crippen LogP contribution in [0.1, 0.15) is 11.1 Å². The number of carbonyl (C=O) groups excluding carboxylic acids is 1. The van der Waals surface area contributed by atoms with Gasteiger partial charge in [-0.1, -0.05) is 6.07 Å². The number of amides is 2. The normalized spacial score (nSPS) is 11.3. The van der Waals surface area contributed by atoms with Crippen LogP contribution in [0.2, 0.25) is 0 Å². The summed E-state index contributed by atoms with van der Waals surface area (Å²) in [5.74, 6) is 0.0912. The first-order valence-corrected chi connectivity index (χ1v) is 9.91. The maximum absolute atomic E-state index is 13.3. The zero-order chi connectivity index (χ0) is 24.3. The zero-order valence-corrected chi connectivity index (χ0v) is 17.7. The third-order valence-corrected chi connectivity index (χ3v) is 4.89. The van der Waals surface area contributed by atoms with Crippen LogP contribution in [0.25, 0.3) is 10.9 Å². The lowest BCUT2D eigenvalue weighted by Crippen LogP contribution is -2.19. The summed E-state index contributed by atoms with van der Waals surface area (Å²) in [5, 5.41) is 12.6. The van der Waals surface area contributed by atoms with Gasteiger partial charge in [0.15, 0.2) is 5.82 Å². The van der Waals surface area contributed by atoms with Crippen LogP contribution < -0.4 is 20.1 Å². The van der Waals surface area contributed by atoms with Crippen molar-refractivity contribution >= 4 is 28.4 Å². The van der Waals surface area contributed by atoms with Crippen LogP contribution in [-0.4, -0.2) is 23.3 Å². The molecule has 0 spiro atoms. The molecule has 176 valence electrons.